The molecule has 140 valence electrons. The summed E-state index contributed by atoms with van der Waals surface area (Å²) in [6, 6.07) is 11.2. The fraction of sp³-hybridized carbons (Fsp3) is 0.421. The van der Waals surface area contributed by atoms with Crippen LogP contribution in [0.4, 0.5) is 0 Å². The molecule has 1 fully saturated rings. The van der Waals surface area contributed by atoms with E-state index < -0.39 is 10.0 Å². The quantitative estimate of drug-likeness (QED) is 0.821. The summed E-state index contributed by atoms with van der Waals surface area (Å²) >= 11 is 1.10. The second kappa shape index (κ2) is 8.33. The van der Waals surface area contributed by atoms with E-state index in [1.807, 2.05) is 35.2 Å². The number of hydrogen-bond acceptors (Lipinski definition) is 4. The van der Waals surface area contributed by atoms with Crippen LogP contribution in [-0.4, -0.2) is 38.9 Å². The maximum Gasteiger partial charge on any atom is 0.254 e. The molecule has 0 atom stereocenters. The van der Waals surface area contributed by atoms with E-state index in [2.05, 4.69) is 11.6 Å². The molecule has 26 heavy (non-hydrogen) atoms. The number of rotatable bonds is 6. The highest BCUT2D eigenvalue weighted by Gasteiger charge is 2.24. The Hall–Kier alpha value is -1.70. The average Bonchev–Trinajstić information content (AvgIpc) is 3.14. The molecule has 0 radical (unpaired) electrons. The predicted molar refractivity (Wildman–Crippen MR) is 104 cm³/mol. The van der Waals surface area contributed by atoms with Gasteiger partial charge in [-0.05, 0) is 36.8 Å². The molecule has 1 aromatic carbocycles. The van der Waals surface area contributed by atoms with Crippen molar-refractivity contribution in [2.24, 2.45) is 5.92 Å². The lowest BCUT2D eigenvalue weighted by molar-refractivity contribution is 0.0697. The predicted octanol–water partition coefficient (Wildman–Crippen LogP) is 3.14. The van der Waals surface area contributed by atoms with Gasteiger partial charge in [-0.25, -0.2) is 13.1 Å². The van der Waals surface area contributed by atoms with Crippen molar-refractivity contribution in [1.82, 2.24) is 9.62 Å². The van der Waals surface area contributed by atoms with Crippen LogP contribution in [0.5, 0.6) is 0 Å². The van der Waals surface area contributed by atoms with Gasteiger partial charge in [0.2, 0.25) is 10.0 Å². The summed E-state index contributed by atoms with van der Waals surface area (Å²) in [4.78, 5) is 14.4. The van der Waals surface area contributed by atoms with Crippen molar-refractivity contribution in [3.05, 3.63) is 52.9 Å². The van der Waals surface area contributed by atoms with Gasteiger partial charge < -0.3 is 4.90 Å². The lowest BCUT2D eigenvalue weighted by Crippen LogP contribution is -2.37. The average molecular weight is 393 g/mol. The van der Waals surface area contributed by atoms with Crippen molar-refractivity contribution in [2.75, 3.05) is 19.6 Å². The van der Waals surface area contributed by atoms with E-state index in [1.54, 1.807) is 5.38 Å². The van der Waals surface area contributed by atoms with Gasteiger partial charge in [0.15, 0.2) is 0 Å². The number of nitrogens with zero attached hydrogens (tertiary/aromatic N) is 1. The summed E-state index contributed by atoms with van der Waals surface area (Å²) < 4.78 is 27.7. The smallest absolute Gasteiger partial charge is 0.254 e. The van der Waals surface area contributed by atoms with E-state index in [4.69, 9.17) is 0 Å². The highest BCUT2D eigenvalue weighted by Crippen LogP contribution is 2.23. The third kappa shape index (κ3) is 4.72. The number of likely N-dealkylation sites (tertiary alicyclic amines) is 1. The first-order valence-corrected chi connectivity index (χ1v) is 11.2. The van der Waals surface area contributed by atoms with Crippen molar-refractivity contribution in [1.29, 1.82) is 0 Å². The van der Waals surface area contributed by atoms with Gasteiger partial charge in [-0.3, -0.25) is 4.79 Å². The van der Waals surface area contributed by atoms with Gasteiger partial charge in [0.25, 0.3) is 5.91 Å². The van der Waals surface area contributed by atoms with E-state index in [9.17, 15) is 13.2 Å². The summed E-state index contributed by atoms with van der Waals surface area (Å²) in [7, 11) is -3.58. The summed E-state index contributed by atoms with van der Waals surface area (Å²) in [6.07, 6.45) is 2.63. The van der Waals surface area contributed by atoms with Gasteiger partial charge in [-0.1, -0.05) is 37.3 Å². The zero-order chi connectivity index (χ0) is 18.6. The van der Waals surface area contributed by atoms with Crippen LogP contribution in [0.2, 0.25) is 0 Å². The van der Waals surface area contributed by atoms with E-state index in [0.29, 0.717) is 24.4 Å². The number of amides is 1. The normalized spacial score (nSPS) is 16.0. The minimum Gasteiger partial charge on any atom is -0.339 e. The first-order valence-electron chi connectivity index (χ1n) is 8.87. The molecule has 0 unspecified atom stereocenters. The van der Waals surface area contributed by atoms with Crippen LogP contribution in [0.25, 0.3) is 0 Å². The molecule has 0 bridgehead atoms. The molecule has 0 spiro atoms. The van der Waals surface area contributed by atoms with Crippen LogP contribution in [-0.2, 0) is 16.4 Å². The molecule has 1 aromatic heterocycles. The molecule has 3 rings (SSSR count). The third-order valence-corrected chi connectivity index (χ3v) is 7.61. The van der Waals surface area contributed by atoms with Gasteiger partial charge in [-0.2, -0.15) is 0 Å². The van der Waals surface area contributed by atoms with Crippen LogP contribution in [0, 0.1) is 5.92 Å². The summed E-state index contributed by atoms with van der Waals surface area (Å²) in [5, 5.41) is 1.64. The maximum atomic E-state index is 12.6. The Morgan fingerprint density at radius 1 is 1.23 bits per heavy atom. The van der Waals surface area contributed by atoms with Crippen LogP contribution in [0.15, 0.2) is 46.0 Å². The number of thiophene rings is 1. The van der Waals surface area contributed by atoms with Crippen LogP contribution in [0.3, 0.4) is 0 Å². The number of nitrogens with one attached hydrogen (secondary N) is 1. The molecule has 1 N–H and O–H groups in total. The molecule has 1 amide bonds. The minimum absolute atomic E-state index is 0.0705. The van der Waals surface area contributed by atoms with Crippen molar-refractivity contribution in [2.45, 2.75) is 30.4 Å². The maximum absolute atomic E-state index is 12.6. The fourth-order valence-electron chi connectivity index (χ4n) is 3.01. The number of benzene rings is 1. The van der Waals surface area contributed by atoms with Gasteiger partial charge in [0.05, 0.1) is 5.56 Å². The zero-order valence-electron chi connectivity index (χ0n) is 14.8. The van der Waals surface area contributed by atoms with Gasteiger partial charge in [0, 0.05) is 25.0 Å². The van der Waals surface area contributed by atoms with E-state index in [-0.39, 0.29) is 10.1 Å². The van der Waals surface area contributed by atoms with Gasteiger partial charge in [-0.15, -0.1) is 11.3 Å². The second-order valence-corrected chi connectivity index (χ2v) is 9.67. The number of carbonyl (C=O) groups is 1. The topological polar surface area (TPSA) is 66.5 Å². The standard InChI is InChI=1S/C19H24N2O3S2/c1-15-8-11-21(12-9-15)19(22)17-13-18(25-14-17)26(23,24)20-10-7-16-5-3-2-4-6-16/h2-6,13-15,20H,7-12H2,1H3. The summed E-state index contributed by atoms with van der Waals surface area (Å²) in [5.41, 5.74) is 1.55. The first-order chi connectivity index (χ1) is 12.5. The lowest BCUT2D eigenvalue weighted by atomic mass is 9.99. The SMILES string of the molecule is CC1CCN(C(=O)c2csc(S(=O)(=O)NCCc3ccccc3)c2)CC1. The van der Waals surface area contributed by atoms with Crippen molar-refractivity contribution in [3.63, 3.8) is 0 Å². The van der Waals surface area contributed by atoms with E-state index >= 15 is 0 Å². The Morgan fingerprint density at radius 2 is 1.92 bits per heavy atom. The molecule has 7 heteroatoms. The molecule has 2 heterocycles. The monoisotopic (exact) mass is 392 g/mol. The molecule has 1 saturated heterocycles. The largest absolute Gasteiger partial charge is 0.339 e. The van der Waals surface area contributed by atoms with E-state index in [1.165, 1.54) is 6.07 Å². The molecule has 0 saturated carbocycles. The number of sulfonamides is 1. The Balaban J connectivity index is 1.59. The summed E-state index contributed by atoms with van der Waals surface area (Å²) in [5.74, 6) is 0.574. The Labute approximate surface area is 159 Å². The lowest BCUT2D eigenvalue weighted by Gasteiger charge is -2.30. The Bertz CT molecular complexity index is 839. The van der Waals surface area contributed by atoms with Crippen molar-refractivity contribution in [3.8, 4) is 0 Å². The number of piperidine rings is 1. The number of carbonyl (C=O) groups excluding carboxylic acids is 1. The second-order valence-electron chi connectivity index (χ2n) is 6.76. The molecule has 0 aliphatic carbocycles. The molecular formula is C19H24N2O3S2. The van der Waals surface area contributed by atoms with Crippen LogP contribution < -0.4 is 4.72 Å². The molecular weight excluding hydrogens is 368 g/mol. The third-order valence-electron chi connectivity index (χ3n) is 4.71. The molecule has 5 nitrogen and oxygen atoms in total. The van der Waals surface area contributed by atoms with E-state index in [0.717, 1.165) is 42.8 Å². The minimum atomic E-state index is -3.58. The van der Waals surface area contributed by atoms with Crippen LogP contribution >= 0.6 is 11.3 Å². The highest BCUT2D eigenvalue weighted by atomic mass is 32.2. The zero-order valence-corrected chi connectivity index (χ0v) is 16.5. The molecule has 1 aliphatic rings. The first kappa shape index (κ1) is 19.1. The van der Waals surface area contributed by atoms with Crippen LogP contribution in [0.1, 0.15) is 35.7 Å². The van der Waals surface area contributed by atoms with Gasteiger partial charge in [0.1, 0.15) is 4.21 Å². The fourth-order valence-corrected chi connectivity index (χ4v) is 5.24. The Kier molecular flexibility index (Phi) is 6.11. The van der Waals surface area contributed by atoms with Gasteiger partial charge >= 0.3 is 0 Å². The molecule has 1 aliphatic heterocycles. The highest BCUT2D eigenvalue weighted by molar-refractivity contribution is 7.91. The Morgan fingerprint density at radius 3 is 2.62 bits per heavy atom. The number of hydrogen-bond donors (Lipinski definition) is 1. The van der Waals surface area contributed by atoms with Crippen molar-refractivity contribution >= 4 is 27.3 Å². The molecule has 2 aromatic rings. The summed E-state index contributed by atoms with van der Waals surface area (Å²) in [6.45, 7) is 4.01. The van der Waals surface area contributed by atoms with Crippen molar-refractivity contribution < 1.29 is 13.2 Å².